The molecular weight excluding hydrogens is 590 g/mol. The highest BCUT2D eigenvalue weighted by molar-refractivity contribution is 6.01. The molecule has 2 N–H and O–H groups in total. The van der Waals surface area contributed by atoms with E-state index in [2.05, 4.69) is 0 Å². The number of hydrogen-bond donors (Lipinski definition) is 2. The molecule has 252 valence electrons. The first-order chi connectivity index (χ1) is 21.8. The van der Waals surface area contributed by atoms with E-state index < -0.39 is 17.1 Å². The number of nitro groups is 1. The number of nitrogens with zero attached hydrogens (tertiary/aromatic N) is 1. The van der Waals surface area contributed by atoms with Crippen LogP contribution < -0.4 is 0 Å². The average Bonchev–Trinajstić information content (AvgIpc) is 2.96. The van der Waals surface area contributed by atoms with Gasteiger partial charge in [-0.2, -0.15) is 0 Å². The molecule has 0 aliphatic heterocycles. The smallest absolute Gasteiger partial charge is 0.269 e. The molecule has 2 atom stereocenters. The zero-order valence-electron chi connectivity index (χ0n) is 29.5. The summed E-state index contributed by atoms with van der Waals surface area (Å²) < 4.78 is 0. The van der Waals surface area contributed by atoms with Crippen molar-refractivity contribution in [3.05, 3.63) is 139 Å². The largest absolute Gasteiger partial charge is 0.385 e. The Morgan fingerprint density at radius 2 is 1.06 bits per heavy atom. The molecule has 7 heteroatoms. The number of ketones is 2. The molecule has 0 aromatic rings. The highest BCUT2D eigenvalue weighted by Gasteiger charge is 2.37. The summed E-state index contributed by atoms with van der Waals surface area (Å²) in [6.07, 6.45) is 22.5. The first-order valence-electron chi connectivity index (χ1n) is 15.9. The van der Waals surface area contributed by atoms with Crippen LogP contribution in [0.3, 0.4) is 0 Å². The third-order valence-electron chi connectivity index (χ3n) is 8.58. The molecule has 0 saturated heterocycles. The van der Waals surface area contributed by atoms with E-state index in [1.54, 1.807) is 32.9 Å². The number of carbonyl (C=O) groups excluding carboxylic acids is 2. The minimum Gasteiger partial charge on any atom is -0.385 e. The molecule has 0 heterocycles. The van der Waals surface area contributed by atoms with E-state index in [9.17, 15) is 29.9 Å². The van der Waals surface area contributed by atoms with Gasteiger partial charge in [0.1, 0.15) is 12.2 Å². The molecule has 2 aliphatic carbocycles. The fourth-order valence-electron chi connectivity index (χ4n) is 5.81. The summed E-state index contributed by atoms with van der Waals surface area (Å²) in [4.78, 5) is 35.8. The SMILES string of the molecule is CC1=C(/C=C/C(C)=C/C=C/C(C)=C\C(=C\C=C(C)\C=C\C=C(C)\C=C\C2=C(C)C(=O)[C@@H](O)CC2(C)C)[N+](=O)[O-])C(C)(C)C[C@H](O)C1=O. The summed E-state index contributed by atoms with van der Waals surface area (Å²) in [5.74, 6) is -0.451. The van der Waals surface area contributed by atoms with E-state index in [4.69, 9.17) is 0 Å². The van der Waals surface area contributed by atoms with Gasteiger partial charge in [-0.15, -0.1) is 0 Å². The van der Waals surface area contributed by atoms with Gasteiger partial charge in [0.25, 0.3) is 5.70 Å². The highest BCUT2D eigenvalue weighted by Crippen LogP contribution is 2.40. The topological polar surface area (TPSA) is 118 Å². The van der Waals surface area contributed by atoms with Gasteiger partial charge in [0.05, 0.1) is 4.92 Å². The predicted molar refractivity (Wildman–Crippen MR) is 191 cm³/mol. The Labute approximate surface area is 280 Å². The minimum absolute atomic E-state index is 0.0395. The third kappa shape index (κ3) is 11.2. The van der Waals surface area contributed by atoms with Crippen LogP contribution in [0, 0.1) is 20.9 Å². The quantitative estimate of drug-likeness (QED) is 0.133. The fraction of sp³-hybridized carbons (Fsp3) is 0.400. The maximum atomic E-state index is 12.3. The zero-order chi connectivity index (χ0) is 35.7. The number of Topliss-reactive ketones (excluding diaryl/α,β-unsaturated/α-hetero) is 2. The van der Waals surface area contributed by atoms with Gasteiger partial charge in [0, 0.05) is 12.2 Å². The van der Waals surface area contributed by atoms with Crippen molar-refractivity contribution in [3.8, 4) is 0 Å². The molecule has 47 heavy (non-hydrogen) atoms. The molecule has 0 unspecified atom stereocenters. The van der Waals surface area contributed by atoms with Crippen LogP contribution in [0.15, 0.2) is 129 Å². The average molecular weight is 642 g/mol. The number of hydrogen-bond acceptors (Lipinski definition) is 6. The van der Waals surface area contributed by atoms with Gasteiger partial charge in [-0.1, -0.05) is 111 Å². The molecule has 0 aromatic carbocycles. The molecule has 2 aliphatic rings. The van der Waals surface area contributed by atoms with Crippen LogP contribution in [0.2, 0.25) is 0 Å². The number of carbonyl (C=O) groups is 2. The molecule has 0 amide bonds. The summed E-state index contributed by atoms with van der Waals surface area (Å²) >= 11 is 0. The lowest BCUT2D eigenvalue weighted by Gasteiger charge is -2.34. The first kappa shape index (κ1) is 39.0. The molecular formula is C40H51NO6. The Bertz CT molecular complexity index is 1610. The van der Waals surface area contributed by atoms with Gasteiger partial charge in [-0.3, -0.25) is 19.7 Å². The zero-order valence-corrected chi connectivity index (χ0v) is 29.5. The van der Waals surface area contributed by atoms with Gasteiger partial charge in [-0.25, -0.2) is 0 Å². The van der Waals surface area contributed by atoms with Gasteiger partial charge >= 0.3 is 0 Å². The molecule has 0 spiro atoms. The second-order valence-corrected chi connectivity index (χ2v) is 13.9. The summed E-state index contributed by atoms with van der Waals surface area (Å²) in [6, 6.07) is 0. The van der Waals surface area contributed by atoms with E-state index in [-0.39, 0.29) is 28.1 Å². The van der Waals surface area contributed by atoms with Crippen LogP contribution in [0.25, 0.3) is 0 Å². The second-order valence-electron chi connectivity index (χ2n) is 13.9. The summed E-state index contributed by atoms with van der Waals surface area (Å²) in [5.41, 5.74) is 5.80. The molecule has 0 saturated carbocycles. The van der Waals surface area contributed by atoms with Crippen molar-refractivity contribution in [1.29, 1.82) is 0 Å². The Morgan fingerprint density at radius 1 is 0.681 bits per heavy atom. The molecule has 0 aromatic heterocycles. The Hall–Kier alpha value is -4.20. The van der Waals surface area contributed by atoms with Crippen LogP contribution in [0.5, 0.6) is 0 Å². The fourth-order valence-corrected chi connectivity index (χ4v) is 5.81. The van der Waals surface area contributed by atoms with Gasteiger partial charge in [-0.05, 0) is 93.1 Å². The normalized spacial score (nSPS) is 23.9. The van der Waals surface area contributed by atoms with Crippen LogP contribution in [-0.4, -0.2) is 38.9 Å². The predicted octanol–water partition coefficient (Wildman–Crippen LogP) is 8.51. The van der Waals surface area contributed by atoms with Crippen LogP contribution in [0.1, 0.15) is 82.1 Å². The van der Waals surface area contributed by atoms with E-state index >= 15 is 0 Å². The standard InChI is InChI=1S/C40H51NO6/c1-26(13-11-14-27(2)18-21-33-30(5)37(44)35(42)24-39(33,7)8)17-20-32(41(46)47)23-29(4)16-12-15-28(3)19-22-34-31(6)38(45)36(43)25-40(34,9)10/h11-23,35-36,42-43H,24-25H2,1-10H3/b13-11+,16-12+,21-18+,22-19+,26-17+,27-14+,28-15+,29-23-,32-20-/t35-,36-/m0/s1. The van der Waals surface area contributed by atoms with E-state index in [0.29, 0.717) is 29.6 Å². The van der Waals surface area contributed by atoms with E-state index in [1.807, 2.05) is 103 Å². The molecule has 7 nitrogen and oxygen atoms in total. The van der Waals surface area contributed by atoms with Crippen molar-refractivity contribution in [1.82, 2.24) is 0 Å². The maximum absolute atomic E-state index is 12.3. The lowest BCUT2D eigenvalue weighted by atomic mass is 9.71. The number of rotatable bonds is 11. The molecule has 0 radical (unpaired) electrons. The lowest BCUT2D eigenvalue weighted by Crippen LogP contribution is -2.35. The minimum atomic E-state index is -0.958. The van der Waals surface area contributed by atoms with Gasteiger partial charge in [0.15, 0.2) is 11.6 Å². The second kappa shape index (κ2) is 16.6. The van der Waals surface area contributed by atoms with Crippen molar-refractivity contribution >= 4 is 11.6 Å². The van der Waals surface area contributed by atoms with Crippen molar-refractivity contribution in [2.75, 3.05) is 0 Å². The van der Waals surface area contributed by atoms with Crippen LogP contribution >= 0.6 is 0 Å². The summed E-state index contributed by atoms with van der Waals surface area (Å²) in [5, 5.41) is 31.8. The van der Waals surface area contributed by atoms with Crippen molar-refractivity contribution in [2.24, 2.45) is 10.8 Å². The lowest BCUT2D eigenvalue weighted by molar-refractivity contribution is -0.419. The number of aliphatic hydroxyl groups excluding tert-OH is 2. The van der Waals surface area contributed by atoms with Gasteiger partial charge < -0.3 is 10.2 Å². The Kier molecular flexibility index (Phi) is 13.7. The maximum Gasteiger partial charge on any atom is 0.269 e. The number of aliphatic hydroxyl groups is 2. The molecule has 0 fully saturated rings. The molecule has 0 bridgehead atoms. The van der Waals surface area contributed by atoms with E-state index in [1.165, 1.54) is 12.2 Å². The number of allylic oxidation sites excluding steroid dienone is 19. The van der Waals surface area contributed by atoms with E-state index in [0.717, 1.165) is 27.9 Å². The monoisotopic (exact) mass is 641 g/mol. The van der Waals surface area contributed by atoms with Crippen LogP contribution in [0.4, 0.5) is 0 Å². The van der Waals surface area contributed by atoms with Crippen molar-refractivity contribution in [2.45, 2.75) is 94.3 Å². The molecule has 2 rings (SSSR count). The van der Waals surface area contributed by atoms with Crippen LogP contribution in [-0.2, 0) is 9.59 Å². The van der Waals surface area contributed by atoms with Crippen molar-refractivity contribution < 1.29 is 24.7 Å². The summed E-state index contributed by atoms with van der Waals surface area (Å²) in [6.45, 7) is 19.1. The highest BCUT2D eigenvalue weighted by atomic mass is 16.6. The summed E-state index contributed by atoms with van der Waals surface area (Å²) in [7, 11) is 0. The van der Waals surface area contributed by atoms with Gasteiger partial charge in [0.2, 0.25) is 0 Å². The third-order valence-corrected chi connectivity index (χ3v) is 8.58. The Balaban J connectivity index is 2.11. The Morgan fingerprint density at radius 3 is 1.47 bits per heavy atom. The van der Waals surface area contributed by atoms with Crippen molar-refractivity contribution in [3.63, 3.8) is 0 Å². The first-order valence-corrected chi connectivity index (χ1v) is 15.9.